The summed E-state index contributed by atoms with van der Waals surface area (Å²) in [5, 5.41) is 8.67. The first-order valence-electron chi connectivity index (χ1n) is 9.75. The smallest absolute Gasteiger partial charge is 0.275 e. The molecule has 0 radical (unpaired) electrons. The van der Waals surface area contributed by atoms with Crippen molar-refractivity contribution < 1.29 is 0 Å². The molecular formula is C19H25N7OS. The first-order valence-corrected chi connectivity index (χ1v) is 10.6. The number of fused-ring (bicyclic) bond motifs is 1. The molecule has 0 aliphatic carbocycles. The van der Waals surface area contributed by atoms with Gasteiger partial charge in [-0.15, -0.1) is 5.10 Å². The molecule has 1 saturated heterocycles. The van der Waals surface area contributed by atoms with Gasteiger partial charge in [0.1, 0.15) is 11.6 Å². The van der Waals surface area contributed by atoms with Crippen molar-refractivity contribution in [3.8, 4) is 0 Å². The lowest BCUT2D eigenvalue weighted by atomic mass is 10.1. The van der Waals surface area contributed by atoms with E-state index in [0.29, 0.717) is 11.0 Å². The SMILES string of the molecule is CCCc1cc(=O)n2nc(NC3CCN(c4cc(C)nc(C)n4)CC3)sc2n1. The number of aromatic nitrogens is 5. The standard InChI is InChI=1S/C19H25N7OS/c1-4-5-15-11-17(27)26-19(23-15)28-18(24-26)22-14-6-8-25(9-7-14)16-10-12(2)20-13(3)21-16/h10-11,14H,4-9H2,1-3H3,(H,22,24). The van der Waals surface area contributed by atoms with Gasteiger partial charge in [-0.25, -0.2) is 15.0 Å². The van der Waals surface area contributed by atoms with Crippen LogP contribution in [0.1, 0.15) is 43.4 Å². The van der Waals surface area contributed by atoms with E-state index < -0.39 is 0 Å². The van der Waals surface area contributed by atoms with Crippen LogP contribution in [0.2, 0.25) is 0 Å². The van der Waals surface area contributed by atoms with Gasteiger partial charge in [-0.3, -0.25) is 4.79 Å². The van der Waals surface area contributed by atoms with E-state index in [0.717, 1.165) is 66.9 Å². The van der Waals surface area contributed by atoms with Crippen molar-refractivity contribution in [2.45, 2.75) is 52.5 Å². The lowest BCUT2D eigenvalue weighted by Crippen LogP contribution is -2.39. The van der Waals surface area contributed by atoms with E-state index in [1.54, 1.807) is 6.07 Å². The molecule has 0 aromatic carbocycles. The lowest BCUT2D eigenvalue weighted by Gasteiger charge is -2.33. The molecule has 0 amide bonds. The van der Waals surface area contributed by atoms with E-state index >= 15 is 0 Å². The number of aryl methyl sites for hydroxylation is 3. The van der Waals surface area contributed by atoms with Crippen LogP contribution in [0.4, 0.5) is 10.9 Å². The molecule has 28 heavy (non-hydrogen) atoms. The second kappa shape index (κ2) is 7.83. The van der Waals surface area contributed by atoms with Gasteiger partial charge in [0.2, 0.25) is 10.1 Å². The molecule has 1 aliphatic heterocycles. The number of piperidine rings is 1. The Kier molecular flexibility index (Phi) is 5.25. The Morgan fingerprint density at radius 1 is 1.18 bits per heavy atom. The molecule has 0 atom stereocenters. The number of hydrogen-bond acceptors (Lipinski definition) is 8. The normalized spacial score (nSPS) is 15.3. The van der Waals surface area contributed by atoms with Crippen LogP contribution in [0, 0.1) is 13.8 Å². The molecule has 0 spiro atoms. The Morgan fingerprint density at radius 2 is 1.96 bits per heavy atom. The van der Waals surface area contributed by atoms with Crippen LogP contribution in [0.15, 0.2) is 16.9 Å². The summed E-state index contributed by atoms with van der Waals surface area (Å²) < 4.78 is 1.40. The Labute approximate surface area is 167 Å². The summed E-state index contributed by atoms with van der Waals surface area (Å²) in [6, 6.07) is 3.96. The van der Waals surface area contributed by atoms with Crippen molar-refractivity contribution in [3.05, 3.63) is 39.7 Å². The molecule has 0 unspecified atom stereocenters. The van der Waals surface area contributed by atoms with Crippen molar-refractivity contribution in [2.24, 2.45) is 0 Å². The molecule has 148 valence electrons. The van der Waals surface area contributed by atoms with Crippen molar-refractivity contribution in [1.29, 1.82) is 0 Å². The molecule has 1 fully saturated rings. The monoisotopic (exact) mass is 399 g/mol. The van der Waals surface area contributed by atoms with Gasteiger partial charge < -0.3 is 10.2 Å². The van der Waals surface area contributed by atoms with Crippen molar-refractivity contribution in [3.63, 3.8) is 0 Å². The molecular weight excluding hydrogens is 374 g/mol. The number of nitrogens with one attached hydrogen (secondary N) is 1. The molecule has 0 bridgehead atoms. The minimum absolute atomic E-state index is 0.109. The second-order valence-electron chi connectivity index (χ2n) is 7.26. The van der Waals surface area contributed by atoms with Gasteiger partial charge in [-0.2, -0.15) is 4.52 Å². The van der Waals surface area contributed by atoms with E-state index in [-0.39, 0.29) is 5.56 Å². The van der Waals surface area contributed by atoms with Crippen LogP contribution in [0.3, 0.4) is 0 Å². The Hall–Kier alpha value is -2.55. The van der Waals surface area contributed by atoms with Gasteiger partial charge >= 0.3 is 0 Å². The first-order chi connectivity index (χ1) is 13.5. The topological polar surface area (TPSA) is 88.3 Å². The summed E-state index contributed by atoms with van der Waals surface area (Å²) in [6.07, 6.45) is 3.76. The number of nitrogens with zero attached hydrogens (tertiary/aromatic N) is 6. The Bertz CT molecular complexity index is 1020. The summed E-state index contributed by atoms with van der Waals surface area (Å²) in [6.45, 7) is 7.87. The molecule has 1 aliphatic rings. The maximum absolute atomic E-state index is 12.3. The molecule has 1 N–H and O–H groups in total. The molecule has 4 rings (SSSR count). The van der Waals surface area contributed by atoms with Crippen LogP contribution in [0.5, 0.6) is 0 Å². The molecule has 4 heterocycles. The zero-order valence-electron chi connectivity index (χ0n) is 16.5. The van der Waals surface area contributed by atoms with Crippen LogP contribution in [0.25, 0.3) is 4.96 Å². The Morgan fingerprint density at radius 3 is 2.68 bits per heavy atom. The predicted octanol–water partition coefficient (Wildman–Crippen LogP) is 2.59. The highest BCUT2D eigenvalue weighted by Crippen LogP contribution is 2.23. The summed E-state index contributed by atoms with van der Waals surface area (Å²) in [7, 11) is 0. The Balaban J connectivity index is 1.43. The van der Waals surface area contributed by atoms with E-state index in [2.05, 4.69) is 37.2 Å². The van der Waals surface area contributed by atoms with Crippen LogP contribution < -0.4 is 15.8 Å². The summed E-state index contributed by atoms with van der Waals surface area (Å²) in [5.41, 5.74) is 1.73. The summed E-state index contributed by atoms with van der Waals surface area (Å²) in [5.74, 6) is 1.81. The highest BCUT2D eigenvalue weighted by Gasteiger charge is 2.22. The highest BCUT2D eigenvalue weighted by atomic mass is 32.1. The molecule has 3 aromatic heterocycles. The van der Waals surface area contributed by atoms with Crippen LogP contribution in [-0.4, -0.2) is 43.7 Å². The first kappa shape index (κ1) is 18.8. The van der Waals surface area contributed by atoms with Gasteiger partial charge in [-0.1, -0.05) is 24.7 Å². The minimum Gasteiger partial charge on any atom is -0.357 e. The molecule has 8 nitrogen and oxygen atoms in total. The minimum atomic E-state index is -0.109. The third-order valence-corrected chi connectivity index (χ3v) is 5.74. The molecule has 9 heteroatoms. The van der Waals surface area contributed by atoms with E-state index in [9.17, 15) is 4.79 Å². The van der Waals surface area contributed by atoms with Crippen molar-refractivity contribution in [2.75, 3.05) is 23.3 Å². The predicted molar refractivity (Wildman–Crippen MR) is 111 cm³/mol. The van der Waals surface area contributed by atoms with Crippen molar-refractivity contribution >= 4 is 27.2 Å². The zero-order valence-corrected chi connectivity index (χ0v) is 17.3. The van der Waals surface area contributed by atoms with Gasteiger partial charge in [0.25, 0.3) is 5.56 Å². The van der Waals surface area contributed by atoms with Gasteiger partial charge in [0, 0.05) is 42.7 Å². The number of rotatable bonds is 5. The number of hydrogen-bond donors (Lipinski definition) is 1. The maximum Gasteiger partial charge on any atom is 0.275 e. The third-order valence-electron chi connectivity index (χ3n) is 4.90. The van der Waals surface area contributed by atoms with E-state index in [4.69, 9.17) is 0 Å². The number of anilines is 2. The van der Waals surface area contributed by atoms with Crippen molar-refractivity contribution in [1.82, 2.24) is 24.6 Å². The quantitative estimate of drug-likeness (QED) is 0.705. The third kappa shape index (κ3) is 3.99. The fraction of sp³-hybridized carbons (Fsp3) is 0.526. The molecule has 0 saturated carbocycles. The van der Waals surface area contributed by atoms with Gasteiger partial charge in [0.05, 0.1) is 0 Å². The average molecular weight is 400 g/mol. The highest BCUT2D eigenvalue weighted by molar-refractivity contribution is 7.20. The summed E-state index contributed by atoms with van der Waals surface area (Å²) >= 11 is 1.44. The second-order valence-corrected chi connectivity index (χ2v) is 8.21. The lowest BCUT2D eigenvalue weighted by molar-refractivity contribution is 0.522. The van der Waals surface area contributed by atoms with Gasteiger partial charge in [0.15, 0.2) is 0 Å². The largest absolute Gasteiger partial charge is 0.357 e. The van der Waals surface area contributed by atoms with Crippen LogP contribution >= 0.6 is 11.3 Å². The fourth-order valence-electron chi connectivity index (χ4n) is 3.59. The zero-order chi connectivity index (χ0) is 19.7. The van der Waals surface area contributed by atoms with E-state index in [1.165, 1.54) is 15.9 Å². The van der Waals surface area contributed by atoms with E-state index in [1.807, 2.05) is 19.9 Å². The molecule has 3 aromatic rings. The van der Waals surface area contributed by atoms with Crippen LogP contribution in [-0.2, 0) is 6.42 Å². The maximum atomic E-state index is 12.3. The fourth-order valence-corrected chi connectivity index (χ4v) is 4.49. The van der Waals surface area contributed by atoms with Gasteiger partial charge in [-0.05, 0) is 33.1 Å². The average Bonchev–Trinajstić information content (AvgIpc) is 3.05. The summed E-state index contributed by atoms with van der Waals surface area (Å²) in [4.78, 5) is 28.7.